The molecule has 0 saturated carbocycles. The standard InChI is InChI=1S/C13H9ClF3NO2/c14-12-5-8(7-19)4-11(18-12)9-2-1-3-10(6-9)20-13(15,16)17/h1-6,19H,7H2. The lowest BCUT2D eigenvalue weighted by Crippen LogP contribution is -2.17. The van der Waals surface area contributed by atoms with Crippen LogP contribution in [0.25, 0.3) is 11.3 Å². The average molecular weight is 304 g/mol. The quantitative estimate of drug-likeness (QED) is 0.877. The maximum absolute atomic E-state index is 12.2. The molecule has 0 saturated heterocycles. The maximum atomic E-state index is 12.2. The van der Waals surface area contributed by atoms with Gasteiger partial charge in [-0.2, -0.15) is 0 Å². The topological polar surface area (TPSA) is 42.4 Å². The summed E-state index contributed by atoms with van der Waals surface area (Å²) in [6, 6.07) is 8.39. The van der Waals surface area contributed by atoms with Crippen LogP contribution in [0, 0.1) is 0 Å². The number of hydrogen-bond acceptors (Lipinski definition) is 3. The zero-order valence-corrected chi connectivity index (χ0v) is 10.7. The van der Waals surface area contributed by atoms with Crippen molar-refractivity contribution in [1.82, 2.24) is 4.98 Å². The van der Waals surface area contributed by atoms with E-state index in [1.807, 2.05) is 0 Å². The Morgan fingerprint density at radius 3 is 2.60 bits per heavy atom. The lowest BCUT2D eigenvalue weighted by Gasteiger charge is -2.10. The van der Waals surface area contributed by atoms with Crippen LogP contribution in [0.4, 0.5) is 13.2 Å². The van der Waals surface area contributed by atoms with Gasteiger partial charge in [-0.25, -0.2) is 4.98 Å². The van der Waals surface area contributed by atoms with Gasteiger partial charge in [-0.1, -0.05) is 23.7 Å². The molecule has 2 aromatic rings. The molecule has 20 heavy (non-hydrogen) atoms. The molecule has 0 unspecified atom stereocenters. The fourth-order valence-corrected chi connectivity index (χ4v) is 1.87. The minimum Gasteiger partial charge on any atom is -0.406 e. The van der Waals surface area contributed by atoms with E-state index < -0.39 is 6.36 Å². The molecule has 1 N–H and O–H groups in total. The van der Waals surface area contributed by atoms with Crippen molar-refractivity contribution in [3.05, 3.63) is 47.1 Å². The molecule has 2 rings (SSSR count). The molecule has 7 heteroatoms. The second-order valence-electron chi connectivity index (χ2n) is 3.92. The van der Waals surface area contributed by atoms with Gasteiger partial charge in [-0.15, -0.1) is 13.2 Å². The normalized spacial score (nSPS) is 11.4. The molecular weight excluding hydrogens is 295 g/mol. The third kappa shape index (κ3) is 3.85. The minimum atomic E-state index is -4.75. The van der Waals surface area contributed by atoms with Crippen LogP contribution in [0.3, 0.4) is 0 Å². The first-order valence-electron chi connectivity index (χ1n) is 5.51. The maximum Gasteiger partial charge on any atom is 0.573 e. The molecule has 3 nitrogen and oxygen atoms in total. The number of aromatic nitrogens is 1. The Labute approximate surface area is 117 Å². The van der Waals surface area contributed by atoms with Gasteiger partial charge in [-0.3, -0.25) is 0 Å². The van der Waals surface area contributed by atoms with E-state index in [9.17, 15) is 13.2 Å². The highest BCUT2D eigenvalue weighted by molar-refractivity contribution is 6.29. The van der Waals surface area contributed by atoms with Gasteiger partial charge < -0.3 is 9.84 Å². The number of aliphatic hydroxyl groups excluding tert-OH is 1. The van der Waals surface area contributed by atoms with Gasteiger partial charge in [-0.05, 0) is 29.8 Å². The van der Waals surface area contributed by atoms with E-state index in [2.05, 4.69) is 9.72 Å². The lowest BCUT2D eigenvalue weighted by molar-refractivity contribution is -0.274. The molecule has 0 aliphatic carbocycles. The summed E-state index contributed by atoms with van der Waals surface area (Å²) in [5, 5.41) is 9.23. The Kier molecular flexibility index (Phi) is 4.15. The van der Waals surface area contributed by atoms with Crippen molar-refractivity contribution >= 4 is 11.6 Å². The zero-order chi connectivity index (χ0) is 14.8. The summed E-state index contributed by atoms with van der Waals surface area (Å²) < 4.78 is 40.3. The van der Waals surface area contributed by atoms with Crippen LogP contribution in [0.1, 0.15) is 5.56 Å². The van der Waals surface area contributed by atoms with E-state index in [4.69, 9.17) is 16.7 Å². The first-order chi connectivity index (χ1) is 9.37. The summed E-state index contributed by atoms with van der Waals surface area (Å²) in [4.78, 5) is 4.01. The predicted molar refractivity (Wildman–Crippen MR) is 67.3 cm³/mol. The van der Waals surface area contributed by atoms with Gasteiger partial charge in [0.25, 0.3) is 0 Å². The predicted octanol–water partition coefficient (Wildman–Crippen LogP) is 3.79. The summed E-state index contributed by atoms with van der Waals surface area (Å²) in [7, 11) is 0. The van der Waals surface area contributed by atoms with E-state index in [0.29, 0.717) is 16.8 Å². The van der Waals surface area contributed by atoms with Gasteiger partial charge in [0.05, 0.1) is 12.3 Å². The van der Waals surface area contributed by atoms with Crippen LogP contribution in [0.2, 0.25) is 5.15 Å². The number of aliphatic hydroxyl groups is 1. The van der Waals surface area contributed by atoms with Crippen molar-refractivity contribution in [1.29, 1.82) is 0 Å². The Morgan fingerprint density at radius 1 is 1.20 bits per heavy atom. The molecule has 0 fully saturated rings. The summed E-state index contributed by atoms with van der Waals surface area (Å²) >= 11 is 5.79. The van der Waals surface area contributed by atoms with Crippen molar-refractivity contribution in [2.45, 2.75) is 13.0 Å². The van der Waals surface area contributed by atoms with Crippen molar-refractivity contribution in [3.63, 3.8) is 0 Å². The number of nitrogens with zero attached hydrogens (tertiary/aromatic N) is 1. The summed E-state index contributed by atoms with van der Waals surface area (Å²) in [5.41, 5.74) is 1.28. The molecule has 1 heterocycles. The van der Waals surface area contributed by atoms with Gasteiger partial charge in [0, 0.05) is 5.56 Å². The van der Waals surface area contributed by atoms with Crippen LogP contribution in [-0.2, 0) is 6.61 Å². The van der Waals surface area contributed by atoms with E-state index in [1.54, 1.807) is 12.1 Å². The van der Waals surface area contributed by atoms with Crippen LogP contribution < -0.4 is 4.74 Å². The van der Waals surface area contributed by atoms with E-state index >= 15 is 0 Å². The van der Waals surface area contributed by atoms with Crippen molar-refractivity contribution < 1.29 is 23.0 Å². The van der Waals surface area contributed by atoms with Crippen LogP contribution in [0.5, 0.6) is 5.75 Å². The Hall–Kier alpha value is -1.79. The second-order valence-corrected chi connectivity index (χ2v) is 4.30. The monoisotopic (exact) mass is 303 g/mol. The SMILES string of the molecule is OCc1cc(Cl)nc(-c2cccc(OC(F)(F)F)c2)c1. The summed E-state index contributed by atoms with van der Waals surface area (Å²) in [6.45, 7) is -0.242. The molecule has 1 aromatic carbocycles. The molecule has 0 spiro atoms. The Morgan fingerprint density at radius 2 is 1.95 bits per heavy atom. The van der Waals surface area contributed by atoms with E-state index in [-0.39, 0.29) is 17.5 Å². The number of alkyl halides is 3. The van der Waals surface area contributed by atoms with Crippen molar-refractivity contribution in [2.24, 2.45) is 0 Å². The van der Waals surface area contributed by atoms with Gasteiger partial charge in [0.1, 0.15) is 10.9 Å². The number of pyridine rings is 1. The molecule has 0 atom stereocenters. The Bertz CT molecular complexity index is 617. The molecule has 106 valence electrons. The van der Waals surface area contributed by atoms with Crippen LogP contribution in [-0.4, -0.2) is 16.5 Å². The third-order valence-electron chi connectivity index (χ3n) is 2.40. The first kappa shape index (κ1) is 14.6. The average Bonchev–Trinajstić information content (AvgIpc) is 2.36. The molecule has 0 aliphatic heterocycles. The number of ether oxygens (including phenoxy) is 1. The number of hydrogen-bond donors (Lipinski definition) is 1. The van der Waals surface area contributed by atoms with Crippen LogP contribution >= 0.6 is 11.6 Å². The minimum absolute atomic E-state index is 0.147. The highest BCUT2D eigenvalue weighted by Gasteiger charge is 2.31. The molecule has 0 aliphatic rings. The number of rotatable bonds is 3. The molecule has 0 radical (unpaired) electrons. The van der Waals surface area contributed by atoms with Gasteiger partial charge in [0.2, 0.25) is 0 Å². The Balaban J connectivity index is 2.38. The number of benzene rings is 1. The van der Waals surface area contributed by atoms with Gasteiger partial charge >= 0.3 is 6.36 Å². The number of halogens is 4. The smallest absolute Gasteiger partial charge is 0.406 e. The highest BCUT2D eigenvalue weighted by atomic mass is 35.5. The van der Waals surface area contributed by atoms with Gasteiger partial charge in [0.15, 0.2) is 0 Å². The second kappa shape index (κ2) is 5.68. The van der Waals surface area contributed by atoms with E-state index in [1.165, 1.54) is 24.3 Å². The largest absolute Gasteiger partial charge is 0.573 e. The zero-order valence-electron chi connectivity index (χ0n) is 9.99. The van der Waals surface area contributed by atoms with Crippen LogP contribution in [0.15, 0.2) is 36.4 Å². The fourth-order valence-electron chi connectivity index (χ4n) is 1.64. The summed E-state index contributed by atoms with van der Waals surface area (Å²) in [6.07, 6.45) is -4.75. The molecule has 1 aromatic heterocycles. The third-order valence-corrected chi connectivity index (χ3v) is 2.59. The first-order valence-corrected chi connectivity index (χ1v) is 5.89. The fraction of sp³-hybridized carbons (Fsp3) is 0.154. The lowest BCUT2D eigenvalue weighted by atomic mass is 10.1. The molecular formula is C13H9ClF3NO2. The molecule has 0 bridgehead atoms. The van der Waals surface area contributed by atoms with Crippen molar-refractivity contribution in [3.8, 4) is 17.0 Å². The highest BCUT2D eigenvalue weighted by Crippen LogP contribution is 2.28. The summed E-state index contributed by atoms with van der Waals surface area (Å²) in [5.74, 6) is -0.345. The van der Waals surface area contributed by atoms with Crippen molar-refractivity contribution in [2.75, 3.05) is 0 Å². The van der Waals surface area contributed by atoms with E-state index in [0.717, 1.165) is 0 Å². The molecule has 0 amide bonds.